The summed E-state index contributed by atoms with van der Waals surface area (Å²) >= 11 is 1.54. The highest BCUT2D eigenvalue weighted by molar-refractivity contribution is 7.09. The monoisotopic (exact) mass is 478 g/mol. The molecule has 0 atom stereocenters. The van der Waals surface area contributed by atoms with Crippen LogP contribution in [0, 0.1) is 6.92 Å². The average Bonchev–Trinajstić information content (AvgIpc) is 3.41. The highest BCUT2D eigenvalue weighted by atomic mass is 32.1. The van der Waals surface area contributed by atoms with Gasteiger partial charge >= 0.3 is 5.97 Å². The van der Waals surface area contributed by atoms with Gasteiger partial charge in [0.25, 0.3) is 0 Å². The fraction of sp³-hybridized carbons (Fsp3) is 0.429. The van der Waals surface area contributed by atoms with Crippen molar-refractivity contribution in [2.75, 3.05) is 0 Å². The smallest absolute Gasteiger partial charge is 0.337 e. The van der Waals surface area contributed by atoms with Crippen molar-refractivity contribution in [1.29, 1.82) is 0 Å². The number of thiazole rings is 1. The predicted octanol–water partition coefficient (Wildman–Crippen LogP) is 7.39. The molecule has 1 aromatic carbocycles. The molecular formula is C28H34N2O3S. The van der Waals surface area contributed by atoms with Gasteiger partial charge in [-0.15, -0.1) is 11.3 Å². The molecule has 0 saturated carbocycles. The van der Waals surface area contributed by atoms with Crippen molar-refractivity contribution in [1.82, 2.24) is 9.55 Å². The number of carboxylic acid groups (broad SMARTS) is 1. The third-order valence-corrected chi connectivity index (χ3v) is 7.36. The van der Waals surface area contributed by atoms with Crippen molar-refractivity contribution in [2.24, 2.45) is 0 Å². The summed E-state index contributed by atoms with van der Waals surface area (Å²) in [5.74, 6) is -0.0789. The average molecular weight is 479 g/mol. The van der Waals surface area contributed by atoms with E-state index in [9.17, 15) is 9.90 Å². The summed E-state index contributed by atoms with van der Waals surface area (Å²) < 4.78 is 8.09. The van der Waals surface area contributed by atoms with Crippen LogP contribution in [0.3, 0.4) is 0 Å². The molecule has 0 fully saturated rings. The molecule has 0 saturated heterocycles. The third-order valence-electron chi connectivity index (χ3n) is 6.54. The van der Waals surface area contributed by atoms with Crippen molar-refractivity contribution in [3.63, 3.8) is 0 Å². The number of allylic oxidation sites excluding steroid dienone is 2. The summed E-state index contributed by atoms with van der Waals surface area (Å²) in [5.41, 5.74) is 5.65. The molecule has 5 nitrogen and oxygen atoms in total. The van der Waals surface area contributed by atoms with E-state index in [1.165, 1.54) is 24.0 Å². The number of benzene rings is 1. The van der Waals surface area contributed by atoms with E-state index in [1.54, 1.807) is 17.4 Å². The lowest BCUT2D eigenvalue weighted by Crippen LogP contribution is -2.10. The maximum Gasteiger partial charge on any atom is 0.337 e. The Morgan fingerprint density at radius 1 is 1.21 bits per heavy atom. The summed E-state index contributed by atoms with van der Waals surface area (Å²) in [5, 5.41) is 12.6. The summed E-state index contributed by atoms with van der Waals surface area (Å²) in [7, 11) is 0. The maximum absolute atomic E-state index is 11.8. The van der Waals surface area contributed by atoms with Gasteiger partial charge < -0.3 is 14.4 Å². The van der Waals surface area contributed by atoms with E-state index in [0.717, 1.165) is 53.6 Å². The molecule has 180 valence electrons. The van der Waals surface area contributed by atoms with Crippen LogP contribution in [0.5, 0.6) is 5.75 Å². The normalized spacial score (nSPS) is 14.2. The molecule has 0 spiro atoms. The van der Waals surface area contributed by atoms with Gasteiger partial charge in [0.1, 0.15) is 17.4 Å². The van der Waals surface area contributed by atoms with Gasteiger partial charge in [0.2, 0.25) is 0 Å². The maximum atomic E-state index is 11.8. The highest BCUT2D eigenvalue weighted by Gasteiger charge is 2.20. The van der Waals surface area contributed by atoms with Crippen LogP contribution in [0.2, 0.25) is 0 Å². The van der Waals surface area contributed by atoms with Crippen molar-refractivity contribution in [3.8, 4) is 17.1 Å². The van der Waals surface area contributed by atoms with Crippen molar-refractivity contribution in [2.45, 2.75) is 78.4 Å². The first-order chi connectivity index (χ1) is 16.2. The minimum Gasteiger partial charge on any atom is -0.486 e. The van der Waals surface area contributed by atoms with Gasteiger partial charge in [-0.3, -0.25) is 0 Å². The number of aromatic carboxylic acids is 1. The Hall–Kier alpha value is -2.86. The summed E-state index contributed by atoms with van der Waals surface area (Å²) in [4.78, 5) is 16.6. The lowest BCUT2D eigenvalue weighted by atomic mass is 9.87. The molecule has 0 radical (unpaired) electrons. The zero-order valence-electron chi connectivity index (χ0n) is 20.6. The van der Waals surface area contributed by atoms with Crippen LogP contribution in [0.15, 0.2) is 47.4 Å². The Labute approximate surface area is 206 Å². The Balaban J connectivity index is 1.49. The Morgan fingerprint density at radius 2 is 1.97 bits per heavy atom. The van der Waals surface area contributed by atoms with Gasteiger partial charge in [0.05, 0.1) is 17.0 Å². The number of carbonyl (C=O) groups is 1. The molecule has 4 rings (SSSR count). The molecule has 0 bridgehead atoms. The van der Waals surface area contributed by atoms with E-state index in [-0.39, 0.29) is 5.41 Å². The summed E-state index contributed by atoms with van der Waals surface area (Å²) in [6, 6.07) is 9.98. The number of nitrogens with zero attached hydrogens (tertiary/aromatic N) is 2. The molecule has 6 heteroatoms. The van der Waals surface area contributed by atoms with Crippen molar-refractivity contribution in [3.05, 3.63) is 69.2 Å². The number of ether oxygens (including phenoxy) is 1. The zero-order chi connectivity index (χ0) is 24.3. The first-order valence-electron chi connectivity index (χ1n) is 12.0. The topological polar surface area (TPSA) is 64.3 Å². The van der Waals surface area contributed by atoms with Gasteiger partial charge in [-0.1, -0.05) is 44.6 Å². The minimum absolute atomic E-state index is 0.109. The number of rotatable bonds is 8. The van der Waals surface area contributed by atoms with Gasteiger partial charge in [-0.05, 0) is 68.2 Å². The summed E-state index contributed by atoms with van der Waals surface area (Å²) in [6.07, 6.45) is 8.12. The first-order valence-corrected chi connectivity index (χ1v) is 12.9. The Morgan fingerprint density at radius 3 is 2.62 bits per heavy atom. The highest BCUT2D eigenvalue weighted by Crippen LogP contribution is 2.30. The SMILES string of the molecule is Cc1c(C(=O)O)cc(-c2csc(COc3ccc(C(C)(C)C)cc3)n2)n1CCC1=CCCCC1. The molecule has 1 aliphatic rings. The van der Waals surface area contributed by atoms with Crippen LogP contribution in [0.25, 0.3) is 11.4 Å². The molecule has 0 amide bonds. The minimum atomic E-state index is -0.896. The molecule has 2 heterocycles. The van der Waals surface area contributed by atoms with Crippen LogP contribution in [0.1, 0.15) is 79.5 Å². The largest absolute Gasteiger partial charge is 0.486 e. The molecule has 34 heavy (non-hydrogen) atoms. The van der Waals surface area contributed by atoms with E-state index in [2.05, 4.69) is 43.5 Å². The van der Waals surface area contributed by atoms with Gasteiger partial charge in [-0.2, -0.15) is 0 Å². The van der Waals surface area contributed by atoms with E-state index < -0.39 is 5.97 Å². The molecular weight excluding hydrogens is 444 g/mol. The third kappa shape index (κ3) is 5.61. The number of aromatic nitrogens is 2. The fourth-order valence-electron chi connectivity index (χ4n) is 4.44. The Kier molecular flexibility index (Phi) is 7.27. The van der Waals surface area contributed by atoms with E-state index in [4.69, 9.17) is 9.72 Å². The van der Waals surface area contributed by atoms with Crippen LogP contribution in [-0.4, -0.2) is 20.6 Å². The Bertz CT molecular complexity index is 1180. The second-order valence-corrected chi connectivity index (χ2v) is 11.0. The number of hydrogen-bond donors (Lipinski definition) is 1. The van der Waals surface area contributed by atoms with E-state index in [1.807, 2.05) is 24.4 Å². The first kappa shape index (κ1) is 24.3. The second kappa shape index (κ2) is 10.2. The second-order valence-electron chi connectivity index (χ2n) is 10.0. The number of hydrogen-bond acceptors (Lipinski definition) is 4. The molecule has 0 unspecified atom stereocenters. The van der Waals surface area contributed by atoms with Crippen LogP contribution in [-0.2, 0) is 18.6 Å². The summed E-state index contributed by atoms with van der Waals surface area (Å²) in [6.45, 7) is 9.62. The number of carboxylic acids is 1. The molecule has 2 aromatic heterocycles. The lowest BCUT2D eigenvalue weighted by molar-refractivity contribution is 0.0696. The quantitative estimate of drug-likeness (QED) is 0.343. The van der Waals surface area contributed by atoms with Gasteiger partial charge in [-0.25, -0.2) is 9.78 Å². The molecule has 1 aliphatic carbocycles. The van der Waals surface area contributed by atoms with Crippen LogP contribution in [0.4, 0.5) is 0 Å². The molecule has 1 N–H and O–H groups in total. The van der Waals surface area contributed by atoms with Crippen LogP contribution < -0.4 is 4.74 Å². The van der Waals surface area contributed by atoms with Crippen molar-refractivity contribution < 1.29 is 14.6 Å². The predicted molar refractivity (Wildman–Crippen MR) is 138 cm³/mol. The van der Waals surface area contributed by atoms with Gasteiger partial charge in [0.15, 0.2) is 0 Å². The van der Waals surface area contributed by atoms with Crippen LogP contribution >= 0.6 is 11.3 Å². The molecule has 3 aromatic rings. The molecule has 0 aliphatic heterocycles. The zero-order valence-corrected chi connectivity index (χ0v) is 21.4. The lowest BCUT2D eigenvalue weighted by Gasteiger charge is -2.19. The standard InChI is InChI=1S/C28H34N2O3S/c1-19-23(27(31)32)16-25(30(19)15-14-20-8-6-5-7-9-20)24-18-34-26(29-24)17-33-22-12-10-21(11-13-22)28(2,3)4/h8,10-13,16,18H,5-7,9,14-15,17H2,1-4H3,(H,31,32). The fourth-order valence-corrected chi connectivity index (χ4v) is 5.14. The van der Waals surface area contributed by atoms with E-state index in [0.29, 0.717) is 12.2 Å². The van der Waals surface area contributed by atoms with Crippen molar-refractivity contribution >= 4 is 17.3 Å². The van der Waals surface area contributed by atoms with E-state index >= 15 is 0 Å². The van der Waals surface area contributed by atoms with Gasteiger partial charge in [0, 0.05) is 17.6 Å².